The molecule has 172 valence electrons. The molecule has 0 atom stereocenters. The van der Waals surface area contributed by atoms with Crippen LogP contribution in [0.4, 0.5) is 5.69 Å². The average molecular weight is 455 g/mol. The van der Waals surface area contributed by atoms with E-state index >= 15 is 0 Å². The number of aryl methyl sites for hydroxylation is 1. The van der Waals surface area contributed by atoms with E-state index in [1.54, 1.807) is 18.2 Å². The summed E-state index contributed by atoms with van der Waals surface area (Å²) in [6.07, 6.45) is 0. The highest BCUT2D eigenvalue weighted by Crippen LogP contribution is 2.30. The van der Waals surface area contributed by atoms with Crippen molar-refractivity contribution in [2.75, 3.05) is 18.5 Å². The smallest absolute Gasteiger partial charge is 0.339 e. The molecule has 0 unspecified atom stereocenters. The Morgan fingerprint density at radius 3 is 2.38 bits per heavy atom. The second-order valence-corrected chi connectivity index (χ2v) is 7.90. The molecule has 0 spiro atoms. The SMILES string of the molecule is CCOc1ccccc1NC(=O)COC(=O)c1c(C)c(-c2ccc(C)cc2)nc2ccccc12. The lowest BCUT2D eigenvalue weighted by Gasteiger charge is -2.15. The summed E-state index contributed by atoms with van der Waals surface area (Å²) in [5.41, 5.74) is 5.08. The van der Waals surface area contributed by atoms with Crippen molar-refractivity contribution in [1.29, 1.82) is 0 Å². The van der Waals surface area contributed by atoms with Gasteiger partial charge in [0.15, 0.2) is 6.61 Å². The zero-order chi connectivity index (χ0) is 24.1. The van der Waals surface area contributed by atoms with Crippen molar-refractivity contribution >= 4 is 28.5 Å². The van der Waals surface area contributed by atoms with E-state index in [1.807, 2.05) is 75.4 Å². The number of hydrogen-bond donors (Lipinski definition) is 1. The number of hydrogen-bond acceptors (Lipinski definition) is 5. The highest BCUT2D eigenvalue weighted by Gasteiger charge is 2.21. The summed E-state index contributed by atoms with van der Waals surface area (Å²) in [5, 5.41) is 3.43. The Morgan fingerprint density at radius 2 is 1.62 bits per heavy atom. The van der Waals surface area contributed by atoms with Crippen LogP contribution in [0.15, 0.2) is 72.8 Å². The van der Waals surface area contributed by atoms with E-state index in [-0.39, 0.29) is 0 Å². The van der Waals surface area contributed by atoms with Crippen LogP contribution >= 0.6 is 0 Å². The lowest BCUT2D eigenvalue weighted by Crippen LogP contribution is -2.22. The lowest BCUT2D eigenvalue weighted by molar-refractivity contribution is -0.119. The molecule has 1 heterocycles. The number of anilines is 1. The molecule has 0 aliphatic heterocycles. The first kappa shape index (κ1) is 23.0. The minimum Gasteiger partial charge on any atom is -0.492 e. The Balaban J connectivity index is 1.59. The van der Waals surface area contributed by atoms with Gasteiger partial charge in [0, 0.05) is 10.9 Å². The molecular formula is C28H26N2O4. The van der Waals surface area contributed by atoms with Crippen molar-refractivity contribution in [2.24, 2.45) is 0 Å². The lowest BCUT2D eigenvalue weighted by atomic mass is 9.97. The number of benzene rings is 3. The Morgan fingerprint density at radius 1 is 0.912 bits per heavy atom. The molecule has 0 saturated heterocycles. The maximum absolute atomic E-state index is 13.2. The number of nitrogens with zero attached hydrogens (tertiary/aromatic N) is 1. The molecule has 1 aromatic heterocycles. The van der Waals surface area contributed by atoms with Crippen LogP contribution in [0, 0.1) is 13.8 Å². The number of nitrogens with one attached hydrogen (secondary N) is 1. The Labute approximate surface area is 198 Å². The average Bonchev–Trinajstić information content (AvgIpc) is 2.84. The first-order valence-corrected chi connectivity index (χ1v) is 11.1. The van der Waals surface area contributed by atoms with Crippen LogP contribution in [-0.2, 0) is 9.53 Å². The van der Waals surface area contributed by atoms with Crippen LogP contribution in [0.5, 0.6) is 5.75 Å². The zero-order valence-corrected chi connectivity index (χ0v) is 19.4. The summed E-state index contributed by atoms with van der Waals surface area (Å²) in [5.74, 6) is -0.462. The van der Waals surface area contributed by atoms with Crippen molar-refractivity contribution < 1.29 is 19.1 Å². The summed E-state index contributed by atoms with van der Waals surface area (Å²) in [6.45, 7) is 5.79. The minimum absolute atomic E-state index is 0.406. The van der Waals surface area contributed by atoms with Gasteiger partial charge < -0.3 is 14.8 Å². The number of carbonyl (C=O) groups excluding carboxylic acids is 2. The molecule has 1 amide bonds. The van der Waals surface area contributed by atoms with Gasteiger partial charge in [-0.2, -0.15) is 0 Å². The number of para-hydroxylation sites is 3. The van der Waals surface area contributed by atoms with Gasteiger partial charge in [-0.25, -0.2) is 9.78 Å². The summed E-state index contributed by atoms with van der Waals surface area (Å²) < 4.78 is 11.0. The Hall–Kier alpha value is -4.19. The van der Waals surface area contributed by atoms with Crippen molar-refractivity contribution in [3.63, 3.8) is 0 Å². The molecule has 0 aliphatic rings. The molecule has 3 aromatic carbocycles. The van der Waals surface area contributed by atoms with Gasteiger partial charge in [-0.05, 0) is 44.5 Å². The third-order valence-corrected chi connectivity index (χ3v) is 5.46. The summed E-state index contributed by atoms with van der Waals surface area (Å²) in [4.78, 5) is 30.5. The van der Waals surface area contributed by atoms with Gasteiger partial charge in [0.1, 0.15) is 5.75 Å². The van der Waals surface area contributed by atoms with Gasteiger partial charge in [0.05, 0.1) is 29.1 Å². The van der Waals surface area contributed by atoms with Gasteiger partial charge in [0.2, 0.25) is 0 Å². The fraction of sp³-hybridized carbons (Fsp3) is 0.179. The molecule has 6 nitrogen and oxygen atoms in total. The van der Waals surface area contributed by atoms with Crippen LogP contribution in [-0.4, -0.2) is 30.1 Å². The number of esters is 1. The van der Waals surface area contributed by atoms with Gasteiger partial charge in [-0.15, -0.1) is 0 Å². The van der Waals surface area contributed by atoms with E-state index in [1.165, 1.54) is 0 Å². The quantitative estimate of drug-likeness (QED) is 0.362. The van der Waals surface area contributed by atoms with Crippen LogP contribution in [0.25, 0.3) is 22.2 Å². The zero-order valence-electron chi connectivity index (χ0n) is 19.4. The highest BCUT2D eigenvalue weighted by atomic mass is 16.5. The molecular weight excluding hydrogens is 428 g/mol. The van der Waals surface area contributed by atoms with Crippen LogP contribution < -0.4 is 10.1 Å². The van der Waals surface area contributed by atoms with Crippen molar-refractivity contribution in [2.45, 2.75) is 20.8 Å². The maximum Gasteiger partial charge on any atom is 0.339 e. The van der Waals surface area contributed by atoms with Crippen LogP contribution in [0.1, 0.15) is 28.4 Å². The van der Waals surface area contributed by atoms with Crippen molar-refractivity contribution in [3.05, 3.63) is 89.5 Å². The minimum atomic E-state index is -0.572. The normalized spacial score (nSPS) is 10.7. The fourth-order valence-corrected chi connectivity index (χ4v) is 3.80. The number of amides is 1. The second-order valence-electron chi connectivity index (χ2n) is 7.90. The molecule has 0 saturated carbocycles. The predicted octanol–water partition coefficient (Wildman–Crippen LogP) is 5.71. The van der Waals surface area contributed by atoms with Crippen molar-refractivity contribution in [3.8, 4) is 17.0 Å². The molecule has 34 heavy (non-hydrogen) atoms. The first-order valence-electron chi connectivity index (χ1n) is 11.1. The van der Waals surface area contributed by atoms with E-state index in [4.69, 9.17) is 14.5 Å². The van der Waals surface area contributed by atoms with Gasteiger partial charge in [0.25, 0.3) is 5.91 Å². The first-order chi connectivity index (χ1) is 16.5. The molecule has 6 heteroatoms. The Bertz CT molecular complexity index is 1350. The topological polar surface area (TPSA) is 77.5 Å². The van der Waals surface area contributed by atoms with E-state index < -0.39 is 18.5 Å². The summed E-state index contributed by atoms with van der Waals surface area (Å²) in [7, 11) is 0. The van der Waals surface area contributed by atoms with Crippen LogP contribution in [0.2, 0.25) is 0 Å². The van der Waals surface area contributed by atoms with E-state index in [2.05, 4.69) is 5.32 Å². The Kier molecular flexibility index (Phi) is 6.87. The molecule has 0 fully saturated rings. The van der Waals surface area contributed by atoms with Gasteiger partial charge in [-0.1, -0.05) is 60.2 Å². The number of ether oxygens (including phenoxy) is 2. The molecule has 0 bridgehead atoms. The molecule has 0 radical (unpaired) electrons. The van der Waals surface area contributed by atoms with Crippen molar-refractivity contribution in [1.82, 2.24) is 4.98 Å². The number of rotatable bonds is 7. The number of aromatic nitrogens is 1. The summed E-state index contributed by atoms with van der Waals surface area (Å²) >= 11 is 0. The largest absolute Gasteiger partial charge is 0.492 e. The third kappa shape index (κ3) is 4.91. The third-order valence-electron chi connectivity index (χ3n) is 5.46. The second kappa shape index (κ2) is 10.2. The monoisotopic (exact) mass is 454 g/mol. The van der Waals surface area contributed by atoms with E-state index in [0.717, 1.165) is 11.1 Å². The van der Waals surface area contributed by atoms with E-state index in [0.29, 0.717) is 45.8 Å². The number of pyridine rings is 1. The van der Waals surface area contributed by atoms with Gasteiger partial charge in [-0.3, -0.25) is 4.79 Å². The predicted molar refractivity (Wildman–Crippen MR) is 133 cm³/mol. The molecule has 0 aliphatic carbocycles. The highest BCUT2D eigenvalue weighted by molar-refractivity contribution is 6.07. The fourth-order valence-electron chi connectivity index (χ4n) is 3.80. The summed E-state index contributed by atoms with van der Waals surface area (Å²) in [6, 6.07) is 22.5. The maximum atomic E-state index is 13.2. The molecule has 1 N–H and O–H groups in total. The van der Waals surface area contributed by atoms with Crippen LogP contribution in [0.3, 0.4) is 0 Å². The van der Waals surface area contributed by atoms with Gasteiger partial charge >= 0.3 is 5.97 Å². The molecule has 4 rings (SSSR count). The van der Waals surface area contributed by atoms with E-state index in [9.17, 15) is 9.59 Å². The number of carbonyl (C=O) groups is 2. The standard InChI is InChI=1S/C28H26N2O4/c1-4-33-24-12-8-7-11-23(24)29-25(31)17-34-28(32)26-19(3)27(20-15-13-18(2)14-16-20)30-22-10-6-5-9-21(22)26/h5-16H,4,17H2,1-3H3,(H,29,31). The molecule has 4 aromatic rings. The number of fused-ring (bicyclic) bond motifs is 1.